The smallest absolute Gasteiger partial charge is 0.438 e. The van der Waals surface area contributed by atoms with Gasteiger partial charge in [-0.15, -0.1) is 0 Å². The van der Waals surface area contributed by atoms with E-state index in [0.29, 0.717) is 19.3 Å². The van der Waals surface area contributed by atoms with Gasteiger partial charge < -0.3 is 18.9 Å². The van der Waals surface area contributed by atoms with Crippen LogP contribution in [0.3, 0.4) is 0 Å². The maximum atomic E-state index is 13.8. The van der Waals surface area contributed by atoms with Gasteiger partial charge in [-0.25, -0.2) is 9.59 Å². The zero-order valence-corrected chi connectivity index (χ0v) is 20.6. The molecule has 3 fully saturated rings. The summed E-state index contributed by atoms with van der Waals surface area (Å²) in [4.78, 5) is 63.4. The Morgan fingerprint density at radius 2 is 1.83 bits per heavy atom. The van der Waals surface area contributed by atoms with Crippen molar-refractivity contribution in [2.75, 3.05) is 20.3 Å². The maximum Gasteiger partial charge on any atom is 0.509 e. The maximum absolute atomic E-state index is 13.8. The number of hydrogen-bond donors (Lipinski definition) is 0. The summed E-state index contributed by atoms with van der Waals surface area (Å²) in [6.45, 7) is 4.87. The van der Waals surface area contributed by atoms with Crippen LogP contribution in [0.4, 0.5) is 9.59 Å². The summed E-state index contributed by atoms with van der Waals surface area (Å²) >= 11 is 0. The average molecular weight is 489 g/mol. The van der Waals surface area contributed by atoms with Crippen LogP contribution in [0.2, 0.25) is 0 Å². The number of ketones is 3. The summed E-state index contributed by atoms with van der Waals surface area (Å²) < 4.78 is 20.1. The van der Waals surface area contributed by atoms with Crippen LogP contribution >= 0.6 is 0 Å². The molecule has 4 aliphatic rings. The van der Waals surface area contributed by atoms with Crippen LogP contribution in [0.1, 0.15) is 52.9 Å². The molecule has 9 nitrogen and oxygen atoms in total. The Bertz CT molecular complexity index is 1030. The van der Waals surface area contributed by atoms with Gasteiger partial charge in [0.15, 0.2) is 18.0 Å². The van der Waals surface area contributed by atoms with Crippen molar-refractivity contribution in [1.82, 2.24) is 0 Å². The van der Waals surface area contributed by atoms with E-state index < -0.39 is 41.1 Å². The molecule has 9 heteroatoms. The monoisotopic (exact) mass is 488 g/mol. The Kier molecular flexibility index (Phi) is 6.40. The Morgan fingerprint density at radius 3 is 2.51 bits per heavy atom. The zero-order valence-electron chi connectivity index (χ0n) is 20.6. The second kappa shape index (κ2) is 8.91. The van der Waals surface area contributed by atoms with Crippen LogP contribution in [0.25, 0.3) is 0 Å². The van der Waals surface area contributed by atoms with Crippen LogP contribution in [0.5, 0.6) is 0 Å². The first-order valence-electron chi connectivity index (χ1n) is 12.1. The first-order chi connectivity index (χ1) is 16.5. The summed E-state index contributed by atoms with van der Waals surface area (Å²) in [6.07, 6.45) is 5.17. The number of hydrogen-bond acceptors (Lipinski definition) is 9. The third-order valence-corrected chi connectivity index (χ3v) is 8.83. The molecule has 0 aromatic carbocycles. The normalized spacial score (nSPS) is 37.4. The minimum Gasteiger partial charge on any atom is -0.438 e. The summed E-state index contributed by atoms with van der Waals surface area (Å²) in [7, 11) is 1.13. The number of carbonyl (C=O) groups is 5. The quantitative estimate of drug-likeness (QED) is 0.533. The largest absolute Gasteiger partial charge is 0.509 e. The average Bonchev–Trinajstić information content (AvgIpc) is 3.09. The first-order valence-corrected chi connectivity index (χ1v) is 12.1. The van der Waals surface area contributed by atoms with Gasteiger partial charge in [-0.1, -0.05) is 25.5 Å². The third kappa shape index (κ3) is 3.79. The van der Waals surface area contributed by atoms with Gasteiger partial charge in [0.1, 0.15) is 5.78 Å². The van der Waals surface area contributed by atoms with E-state index in [9.17, 15) is 24.0 Å². The van der Waals surface area contributed by atoms with Crippen molar-refractivity contribution in [1.29, 1.82) is 0 Å². The number of fused-ring (bicyclic) bond motifs is 5. The van der Waals surface area contributed by atoms with Gasteiger partial charge in [-0.2, -0.15) is 0 Å². The first kappa shape index (κ1) is 25.1. The zero-order chi connectivity index (χ0) is 25.6. The summed E-state index contributed by atoms with van der Waals surface area (Å²) in [5.41, 5.74) is -2.26. The lowest BCUT2D eigenvalue weighted by Crippen LogP contribution is -2.62. The van der Waals surface area contributed by atoms with E-state index in [1.54, 1.807) is 13.0 Å². The summed E-state index contributed by atoms with van der Waals surface area (Å²) in [6, 6.07) is 0. The lowest BCUT2D eigenvalue weighted by Gasteiger charge is -2.57. The third-order valence-electron chi connectivity index (χ3n) is 8.83. The molecule has 0 aliphatic heterocycles. The number of Topliss-reactive ketones (excluding diaryl/α,β-unsaturated/α-hetero) is 2. The second-order valence-corrected chi connectivity index (χ2v) is 10.4. The predicted molar refractivity (Wildman–Crippen MR) is 121 cm³/mol. The minimum absolute atomic E-state index is 0.0207. The van der Waals surface area contributed by atoms with Crippen molar-refractivity contribution in [2.24, 2.45) is 28.6 Å². The Labute approximate surface area is 204 Å². The van der Waals surface area contributed by atoms with Gasteiger partial charge in [0.05, 0.1) is 13.7 Å². The summed E-state index contributed by atoms with van der Waals surface area (Å²) in [5, 5.41) is 0. The number of carbonyl (C=O) groups excluding carboxylic acids is 5. The van der Waals surface area contributed by atoms with Crippen molar-refractivity contribution in [3.8, 4) is 0 Å². The van der Waals surface area contributed by atoms with Crippen molar-refractivity contribution < 1.29 is 42.9 Å². The molecule has 4 rings (SSSR count). The van der Waals surface area contributed by atoms with Crippen LogP contribution < -0.4 is 0 Å². The van der Waals surface area contributed by atoms with Gasteiger partial charge in [0.2, 0.25) is 5.78 Å². The lowest BCUT2D eigenvalue weighted by atomic mass is 9.46. The molecule has 0 heterocycles. The molecule has 0 N–H and O–H groups in total. The molecule has 0 spiro atoms. The molecule has 0 unspecified atom stereocenters. The van der Waals surface area contributed by atoms with Crippen LogP contribution in [0, 0.1) is 28.6 Å². The molecule has 190 valence electrons. The fourth-order valence-corrected chi connectivity index (χ4v) is 7.29. The van der Waals surface area contributed by atoms with E-state index in [4.69, 9.17) is 14.2 Å². The molecule has 3 saturated carbocycles. The van der Waals surface area contributed by atoms with E-state index in [1.807, 2.05) is 19.9 Å². The second-order valence-electron chi connectivity index (χ2n) is 10.4. The molecule has 0 aromatic rings. The molecule has 0 bridgehead atoms. The molecular formula is C26H32O9. The Balaban J connectivity index is 1.71. The highest BCUT2D eigenvalue weighted by Gasteiger charge is 2.70. The topological polar surface area (TPSA) is 122 Å². The fourth-order valence-electron chi connectivity index (χ4n) is 7.29. The molecule has 0 aromatic heterocycles. The van der Waals surface area contributed by atoms with Crippen LogP contribution in [0.15, 0.2) is 23.8 Å². The number of allylic oxidation sites excluding steroid dienone is 4. The highest BCUT2D eigenvalue weighted by atomic mass is 16.7. The van der Waals surface area contributed by atoms with E-state index in [0.717, 1.165) is 12.7 Å². The molecule has 4 aliphatic carbocycles. The van der Waals surface area contributed by atoms with Crippen LogP contribution in [-0.4, -0.2) is 55.6 Å². The molecule has 0 radical (unpaired) electrons. The van der Waals surface area contributed by atoms with Gasteiger partial charge in [-0.05, 0) is 56.6 Å². The molecule has 6 atom stereocenters. The van der Waals surface area contributed by atoms with Crippen molar-refractivity contribution >= 4 is 29.7 Å². The summed E-state index contributed by atoms with van der Waals surface area (Å²) in [5.74, 6) is -1.17. The molecular weight excluding hydrogens is 456 g/mol. The van der Waals surface area contributed by atoms with E-state index >= 15 is 0 Å². The molecule has 0 amide bonds. The minimum atomic E-state index is -1.67. The van der Waals surface area contributed by atoms with Crippen molar-refractivity contribution in [2.45, 2.75) is 58.5 Å². The van der Waals surface area contributed by atoms with E-state index in [-0.39, 0.29) is 48.8 Å². The highest BCUT2D eigenvalue weighted by Crippen LogP contribution is 2.67. The SMILES string of the molecule is CCOC(=O)O[C@]1(C(=O)COC(=O)OC)CC[C@H]2[C@@H]3CCC4=CC(=O)C=C[C@]4(C)[C@H]3C(=O)C[C@@]21C. The number of methoxy groups -OCH3 is 1. The van der Waals surface area contributed by atoms with Crippen molar-refractivity contribution in [3.63, 3.8) is 0 Å². The Hall–Kier alpha value is -2.97. The van der Waals surface area contributed by atoms with Gasteiger partial charge in [0.25, 0.3) is 0 Å². The van der Waals surface area contributed by atoms with E-state index in [2.05, 4.69) is 4.74 Å². The standard InChI is InChI=1S/C26H32O9/c1-5-33-23(31)35-26(20(29)14-34-22(30)32-4)11-9-18-17-7-6-15-12-16(27)8-10-24(15,2)21(17)19(28)13-25(18,26)3/h8,10,12,17-18,21H,5-7,9,11,13-14H2,1-4H3/t17-,18-,21+,24-,25-,26-/m0/s1. The lowest BCUT2D eigenvalue weighted by molar-refractivity contribution is -0.173. The van der Waals surface area contributed by atoms with E-state index in [1.165, 1.54) is 6.08 Å². The highest BCUT2D eigenvalue weighted by molar-refractivity contribution is 6.02. The van der Waals surface area contributed by atoms with Crippen molar-refractivity contribution in [3.05, 3.63) is 23.8 Å². The van der Waals surface area contributed by atoms with Gasteiger partial charge in [0, 0.05) is 23.2 Å². The number of ether oxygens (including phenoxy) is 4. The van der Waals surface area contributed by atoms with Crippen LogP contribution in [-0.2, 0) is 33.3 Å². The molecule has 35 heavy (non-hydrogen) atoms. The van der Waals surface area contributed by atoms with Gasteiger partial charge in [-0.3, -0.25) is 14.4 Å². The van der Waals surface area contributed by atoms with Gasteiger partial charge >= 0.3 is 12.3 Å². The Morgan fingerprint density at radius 1 is 1.09 bits per heavy atom. The number of rotatable bonds is 5. The fraction of sp³-hybridized carbons (Fsp3) is 0.654. The predicted octanol–water partition coefficient (Wildman–Crippen LogP) is 3.74. The molecule has 0 saturated heterocycles.